The molecule has 1 unspecified atom stereocenters. The summed E-state index contributed by atoms with van der Waals surface area (Å²) in [6, 6.07) is 0. The average molecular weight is 258 g/mol. The molecule has 0 bridgehead atoms. The van der Waals surface area contributed by atoms with Crippen molar-refractivity contribution >= 4 is 5.78 Å². The van der Waals surface area contributed by atoms with E-state index in [-0.39, 0.29) is 17.3 Å². The molecule has 0 aromatic heterocycles. The minimum absolute atomic E-state index is 0.108. The summed E-state index contributed by atoms with van der Waals surface area (Å²) in [5, 5.41) is 9.20. The van der Waals surface area contributed by atoms with Crippen molar-refractivity contribution in [1.29, 1.82) is 0 Å². The summed E-state index contributed by atoms with van der Waals surface area (Å²) in [5.74, 6) is -0.586. The average Bonchev–Trinajstić information content (AvgIpc) is 2.21. The zero-order chi connectivity index (χ0) is 14.0. The molecule has 1 saturated heterocycles. The van der Waals surface area contributed by atoms with Gasteiger partial charge < -0.3 is 14.6 Å². The maximum atomic E-state index is 12.2. The Hall–Kier alpha value is -0.450. The van der Waals surface area contributed by atoms with Gasteiger partial charge in [0.25, 0.3) is 0 Å². The van der Waals surface area contributed by atoms with Crippen LogP contribution in [0.2, 0.25) is 0 Å². The van der Waals surface area contributed by atoms with Gasteiger partial charge in [-0.1, -0.05) is 13.8 Å². The minimum atomic E-state index is -0.694. The Morgan fingerprint density at radius 1 is 1.39 bits per heavy atom. The third-order valence-corrected chi connectivity index (χ3v) is 3.24. The van der Waals surface area contributed by atoms with Gasteiger partial charge in [-0.05, 0) is 33.6 Å². The molecule has 0 aliphatic carbocycles. The molecule has 106 valence electrons. The molecule has 1 rings (SSSR count). The molecular formula is C14H26O4. The number of hydrogen-bond donors (Lipinski definition) is 1. The second-order valence-electron chi connectivity index (χ2n) is 6.38. The van der Waals surface area contributed by atoms with Crippen molar-refractivity contribution in [3.63, 3.8) is 0 Å². The number of rotatable bonds is 5. The van der Waals surface area contributed by atoms with E-state index in [0.29, 0.717) is 25.9 Å². The number of aliphatic hydroxyl groups excluding tert-OH is 1. The van der Waals surface area contributed by atoms with Crippen molar-refractivity contribution in [2.24, 2.45) is 5.41 Å². The quantitative estimate of drug-likeness (QED) is 0.822. The Kier molecular flexibility index (Phi) is 4.92. The standard InChI is InChI=1S/C14H26O4/c1-10(15)7-6-8-11(16)12-13(2,3)9-17-14(4,5)18-12/h10,12,15H,6-9H2,1-5H3/t10?,12-/m0/s1. The van der Waals surface area contributed by atoms with Gasteiger partial charge in [0.2, 0.25) is 0 Å². The van der Waals surface area contributed by atoms with Crippen molar-refractivity contribution < 1.29 is 19.4 Å². The third kappa shape index (κ3) is 4.34. The van der Waals surface area contributed by atoms with E-state index in [2.05, 4.69) is 0 Å². The third-order valence-electron chi connectivity index (χ3n) is 3.24. The van der Waals surface area contributed by atoms with Crippen LogP contribution in [0.5, 0.6) is 0 Å². The molecule has 0 aromatic carbocycles. The molecule has 0 saturated carbocycles. The number of ether oxygens (including phenoxy) is 2. The molecular weight excluding hydrogens is 232 g/mol. The van der Waals surface area contributed by atoms with E-state index < -0.39 is 11.9 Å². The molecule has 0 aromatic rings. The second kappa shape index (κ2) is 5.68. The molecule has 4 nitrogen and oxygen atoms in total. The van der Waals surface area contributed by atoms with Crippen LogP contribution in [-0.4, -0.2) is 35.5 Å². The number of aliphatic hydroxyl groups is 1. The van der Waals surface area contributed by atoms with Crippen LogP contribution in [0, 0.1) is 5.41 Å². The van der Waals surface area contributed by atoms with Crippen molar-refractivity contribution in [1.82, 2.24) is 0 Å². The number of carbonyl (C=O) groups is 1. The smallest absolute Gasteiger partial charge is 0.163 e. The van der Waals surface area contributed by atoms with Crippen LogP contribution in [0.3, 0.4) is 0 Å². The van der Waals surface area contributed by atoms with Gasteiger partial charge in [0.1, 0.15) is 6.10 Å². The lowest BCUT2D eigenvalue weighted by molar-refractivity contribution is -0.303. The molecule has 1 aliphatic heterocycles. The Balaban J connectivity index is 2.58. The van der Waals surface area contributed by atoms with Crippen LogP contribution in [-0.2, 0) is 14.3 Å². The molecule has 1 aliphatic rings. The predicted molar refractivity (Wildman–Crippen MR) is 69.2 cm³/mol. The van der Waals surface area contributed by atoms with Gasteiger partial charge in [-0.15, -0.1) is 0 Å². The molecule has 0 radical (unpaired) electrons. The summed E-state index contributed by atoms with van der Waals surface area (Å²) < 4.78 is 11.4. The van der Waals surface area contributed by atoms with Gasteiger partial charge in [-0.3, -0.25) is 4.79 Å². The monoisotopic (exact) mass is 258 g/mol. The fourth-order valence-corrected chi connectivity index (χ4v) is 2.12. The zero-order valence-corrected chi connectivity index (χ0v) is 12.2. The maximum absolute atomic E-state index is 12.2. The molecule has 0 amide bonds. The number of carbonyl (C=O) groups excluding carboxylic acids is 1. The van der Waals surface area contributed by atoms with E-state index in [1.807, 2.05) is 27.7 Å². The highest BCUT2D eigenvalue weighted by molar-refractivity contribution is 5.84. The van der Waals surface area contributed by atoms with E-state index in [9.17, 15) is 9.90 Å². The highest BCUT2D eigenvalue weighted by Crippen LogP contribution is 2.35. The van der Waals surface area contributed by atoms with Crippen molar-refractivity contribution in [3.05, 3.63) is 0 Å². The fourth-order valence-electron chi connectivity index (χ4n) is 2.12. The lowest BCUT2D eigenvalue weighted by atomic mass is 9.82. The topological polar surface area (TPSA) is 55.8 Å². The first-order valence-electron chi connectivity index (χ1n) is 6.67. The van der Waals surface area contributed by atoms with Crippen LogP contribution < -0.4 is 0 Å². The number of Topliss-reactive ketones (excluding diaryl/α,β-unsaturated/α-hetero) is 1. The van der Waals surface area contributed by atoms with E-state index in [1.165, 1.54) is 0 Å². The Morgan fingerprint density at radius 2 is 2.00 bits per heavy atom. The Bertz CT molecular complexity index is 294. The highest BCUT2D eigenvalue weighted by atomic mass is 16.7. The van der Waals surface area contributed by atoms with Gasteiger partial charge >= 0.3 is 0 Å². The normalized spacial score (nSPS) is 27.8. The van der Waals surface area contributed by atoms with Crippen LogP contribution in [0.1, 0.15) is 53.9 Å². The summed E-state index contributed by atoms with van der Waals surface area (Å²) in [7, 11) is 0. The minimum Gasteiger partial charge on any atom is -0.393 e. The van der Waals surface area contributed by atoms with E-state index in [4.69, 9.17) is 9.47 Å². The summed E-state index contributed by atoms with van der Waals surface area (Å²) in [4.78, 5) is 12.2. The van der Waals surface area contributed by atoms with Crippen LogP contribution in [0.25, 0.3) is 0 Å². The van der Waals surface area contributed by atoms with Gasteiger partial charge in [-0.2, -0.15) is 0 Å². The second-order valence-corrected chi connectivity index (χ2v) is 6.38. The van der Waals surface area contributed by atoms with Crippen molar-refractivity contribution in [2.75, 3.05) is 6.61 Å². The zero-order valence-electron chi connectivity index (χ0n) is 12.2. The van der Waals surface area contributed by atoms with Crippen molar-refractivity contribution in [3.8, 4) is 0 Å². The van der Waals surface area contributed by atoms with Crippen LogP contribution in [0.4, 0.5) is 0 Å². The van der Waals surface area contributed by atoms with Gasteiger partial charge in [0.15, 0.2) is 11.6 Å². The molecule has 4 heteroatoms. The van der Waals surface area contributed by atoms with Crippen LogP contribution >= 0.6 is 0 Å². The Morgan fingerprint density at radius 3 is 2.56 bits per heavy atom. The lowest BCUT2D eigenvalue weighted by Crippen LogP contribution is -2.53. The Labute approximate surface area is 110 Å². The predicted octanol–water partition coefficient (Wildman–Crippen LogP) is 2.28. The molecule has 1 fully saturated rings. The summed E-state index contributed by atoms with van der Waals surface area (Å²) in [6.07, 6.45) is 1.04. The summed E-state index contributed by atoms with van der Waals surface area (Å²) in [6.45, 7) is 9.89. The first-order valence-corrected chi connectivity index (χ1v) is 6.67. The first kappa shape index (κ1) is 15.6. The fraction of sp³-hybridized carbons (Fsp3) is 0.929. The molecule has 18 heavy (non-hydrogen) atoms. The SMILES string of the molecule is CC(O)CCCC(=O)[C@@H]1OC(C)(C)OCC1(C)C. The van der Waals surface area contributed by atoms with Crippen molar-refractivity contribution in [2.45, 2.75) is 71.9 Å². The lowest BCUT2D eigenvalue weighted by Gasteiger charge is -2.45. The first-order chi connectivity index (χ1) is 8.14. The van der Waals surface area contributed by atoms with Gasteiger partial charge in [0, 0.05) is 11.8 Å². The largest absolute Gasteiger partial charge is 0.393 e. The van der Waals surface area contributed by atoms with Crippen LogP contribution in [0.15, 0.2) is 0 Å². The molecule has 0 spiro atoms. The molecule has 1 N–H and O–H groups in total. The highest BCUT2D eigenvalue weighted by Gasteiger charge is 2.45. The number of ketones is 1. The van der Waals surface area contributed by atoms with E-state index in [0.717, 1.165) is 0 Å². The van der Waals surface area contributed by atoms with Gasteiger partial charge in [-0.25, -0.2) is 0 Å². The number of hydrogen-bond acceptors (Lipinski definition) is 4. The van der Waals surface area contributed by atoms with Gasteiger partial charge in [0.05, 0.1) is 12.7 Å². The van der Waals surface area contributed by atoms with E-state index in [1.54, 1.807) is 6.92 Å². The molecule has 1 heterocycles. The summed E-state index contributed by atoms with van der Waals surface area (Å²) in [5.41, 5.74) is -0.294. The maximum Gasteiger partial charge on any atom is 0.163 e. The molecule has 2 atom stereocenters. The van der Waals surface area contributed by atoms with E-state index >= 15 is 0 Å². The summed E-state index contributed by atoms with van der Waals surface area (Å²) >= 11 is 0.